The minimum atomic E-state index is 0.0198. The first-order chi connectivity index (χ1) is 15.6. The molecule has 2 saturated carbocycles. The first kappa shape index (κ1) is 21.7. The van der Waals surface area contributed by atoms with Gasteiger partial charge in [0.05, 0.1) is 27.4 Å². The summed E-state index contributed by atoms with van der Waals surface area (Å²) in [5.74, 6) is 1.97. The molecule has 5 heteroatoms. The van der Waals surface area contributed by atoms with Crippen molar-refractivity contribution in [1.82, 2.24) is 10.6 Å². The minimum absolute atomic E-state index is 0.0198. The highest BCUT2D eigenvalue weighted by Gasteiger charge is 2.47. The standard InChI is InChI=1S/C27H36N2O3/c1-30-23-11-5-3-9-21(23)26(13-7-14-26)28-17-25(19-32-20-25)18-29-27(15-8-16-27)22-10-4-6-12-24(22)31-2/h3-6,9-12,28-29H,7-8,13-20H2,1-2H3. The van der Waals surface area contributed by atoms with Crippen molar-refractivity contribution in [2.75, 3.05) is 40.5 Å². The lowest BCUT2D eigenvalue weighted by Gasteiger charge is -2.51. The molecule has 5 rings (SSSR count). The summed E-state index contributed by atoms with van der Waals surface area (Å²) in [7, 11) is 3.54. The summed E-state index contributed by atoms with van der Waals surface area (Å²) in [4.78, 5) is 0. The molecule has 0 aromatic heterocycles. The molecule has 2 N–H and O–H groups in total. The number of ether oxygens (including phenoxy) is 3. The molecule has 0 radical (unpaired) electrons. The monoisotopic (exact) mass is 436 g/mol. The van der Waals surface area contributed by atoms with Gasteiger partial charge in [0.1, 0.15) is 11.5 Å². The fourth-order valence-corrected chi connectivity index (χ4v) is 5.59. The van der Waals surface area contributed by atoms with E-state index in [9.17, 15) is 0 Å². The molecular weight excluding hydrogens is 400 g/mol. The van der Waals surface area contributed by atoms with Crippen molar-refractivity contribution in [2.24, 2.45) is 5.41 Å². The number of hydrogen-bond donors (Lipinski definition) is 2. The molecule has 2 aromatic carbocycles. The summed E-state index contributed by atoms with van der Waals surface area (Å²) in [6, 6.07) is 16.9. The van der Waals surface area contributed by atoms with Crippen molar-refractivity contribution in [3.63, 3.8) is 0 Å². The van der Waals surface area contributed by atoms with Gasteiger partial charge >= 0.3 is 0 Å². The average Bonchev–Trinajstić information content (AvgIpc) is 2.75. The Bertz CT molecular complexity index is 861. The van der Waals surface area contributed by atoms with Crippen LogP contribution < -0.4 is 20.1 Å². The van der Waals surface area contributed by atoms with Crippen LogP contribution in [0.5, 0.6) is 11.5 Å². The van der Waals surface area contributed by atoms with E-state index in [2.05, 4.69) is 59.2 Å². The van der Waals surface area contributed by atoms with Crippen LogP contribution in [0.3, 0.4) is 0 Å². The van der Waals surface area contributed by atoms with Crippen LogP contribution in [-0.4, -0.2) is 40.5 Å². The maximum absolute atomic E-state index is 5.74. The zero-order chi connectivity index (χ0) is 22.1. The lowest BCUT2D eigenvalue weighted by Crippen LogP contribution is -2.62. The molecule has 1 saturated heterocycles. The van der Waals surface area contributed by atoms with E-state index in [1.807, 2.05) is 0 Å². The van der Waals surface area contributed by atoms with Crippen LogP contribution in [0.2, 0.25) is 0 Å². The number of hydrogen-bond acceptors (Lipinski definition) is 5. The second kappa shape index (κ2) is 8.69. The van der Waals surface area contributed by atoms with Crippen molar-refractivity contribution in [1.29, 1.82) is 0 Å². The van der Waals surface area contributed by atoms with Gasteiger partial charge < -0.3 is 24.8 Å². The van der Waals surface area contributed by atoms with Gasteiger partial charge in [-0.2, -0.15) is 0 Å². The van der Waals surface area contributed by atoms with Crippen molar-refractivity contribution in [2.45, 2.75) is 49.6 Å². The van der Waals surface area contributed by atoms with Crippen LogP contribution in [0.25, 0.3) is 0 Å². The zero-order valence-electron chi connectivity index (χ0n) is 19.4. The van der Waals surface area contributed by atoms with Gasteiger partial charge in [-0.25, -0.2) is 0 Å². The Morgan fingerprint density at radius 3 is 1.47 bits per heavy atom. The van der Waals surface area contributed by atoms with Gasteiger partial charge in [0.2, 0.25) is 0 Å². The Balaban J connectivity index is 1.29. The molecule has 2 aliphatic carbocycles. The van der Waals surface area contributed by atoms with E-state index in [0.29, 0.717) is 0 Å². The van der Waals surface area contributed by atoms with Crippen molar-refractivity contribution < 1.29 is 14.2 Å². The molecule has 172 valence electrons. The molecule has 1 heterocycles. The first-order valence-corrected chi connectivity index (χ1v) is 12.0. The second-order valence-corrected chi connectivity index (χ2v) is 9.97. The van der Waals surface area contributed by atoms with E-state index >= 15 is 0 Å². The minimum Gasteiger partial charge on any atom is -0.496 e. The number of benzene rings is 2. The van der Waals surface area contributed by atoms with Crippen LogP contribution in [-0.2, 0) is 15.8 Å². The van der Waals surface area contributed by atoms with Gasteiger partial charge in [-0.1, -0.05) is 36.4 Å². The summed E-state index contributed by atoms with van der Waals surface area (Å²) in [6.07, 6.45) is 7.13. The van der Waals surface area contributed by atoms with E-state index in [0.717, 1.165) is 63.5 Å². The summed E-state index contributed by atoms with van der Waals surface area (Å²) in [6.45, 7) is 3.49. The van der Waals surface area contributed by atoms with E-state index < -0.39 is 0 Å². The molecule has 32 heavy (non-hydrogen) atoms. The molecular formula is C27H36N2O3. The molecule has 0 bridgehead atoms. The third-order valence-corrected chi connectivity index (χ3v) is 8.08. The molecule has 3 fully saturated rings. The fraction of sp³-hybridized carbons (Fsp3) is 0.556. The number of rotatable bonds is 10. The van der Waals surface area contributed by atoms with Crippen molar-refractivity contribution >= 4 is 0 Å². The summed E-state index contributed by atoms with van der Waals surface area (Å²) >= 11 is 0. The number of nitrogens with one attached hydrogen (secondary N) is 2. The van der Waals surface area contributed by atoms with Crippen LogP contribution >= 0.6 is 0 Å². The molecule has 2 aromatic rings. The van der Waals surface area contributed by atoms with Gasteiger partial charge in [0.15, 0.2) is 0 Å². The SMILES string of the molecule is COc1ccccc1C1(NCC2(CNC3(c4ccccc4OC)CCC3)COC2)CCC1. The Hall–Kier alpha value is -2.08. The lowest BCUT2D eigenvalue weighted by molar-refractivity contribution is -0.118. The predicted molar refractivity (Wildman–Crippen MR) is 126 cm³/mol. The van der Waals surface area contributed by atoms with E-state index in [-0.39, 0.29) is 16.5 Å². The molecule has 1 aliphatic heterocycles. The molecule has 0 unspecified atom stereocenters. The summed E-state index contributed by atoms with van der Waals surface area (Å²) < 4.78 is 17.1. The van der Waals surface area contributed by atoms with Crippen molar-refractivity contribution in [3.8, 4) is 11.5 Å². The predicted octanol–water partition coefficient (Wildman–Crippen LogP) is 4.36. The third-order valence-electron chi connectivity index (χ3n) is 8.08. The summed E-state index contributed by atoms with van der Waals surface area (Å²) in [5, 5.41) is 7.95. The van der Waals surface area contributed by atoms with Gasteiger partial charge in [-0.15, -0.1) is 0 Å². The first-order valence-electron chi connectivity index (χ1n) is 12.0. The third kappa shape index (κ3) is 3.70. The Morgan fingerprint density at radius 2 is 1.16 bits per heavy atom. The van der Waals surface area contributed by atoms with Crippen molar-refractivity contribution in [3.05, 3.63) is 59.7 Å². The van der Waals surface area contributed by atoms with E-state index in [4.69, 9.17) is 14.2 Å². The highest BCUT2D eigenvalue weighted by Crippen LogP contribution is 2.47. The van der Waals surface area contributed by atoms with Crippen LogP contribution in [0, 0.1) is 5.41 Å². The second-order valence-electron chi connectivity index (χ2n) is 9.97. The van der Waals surface area contributed by atoms with Gasteiger partial charge in [-0.3, -0.25) is 0 Å². The molecule has 0 amide bonds. The molecule has 3 aliphatic rings. The highest BCUT2D eigenvalue weighted by atomic mass is 16.5. The quantitative estimate of drug-likeness (QED) is 0.580. The molecule has 5 nitrogen and oxygen atoms in total. The smallest absolute Gasteiger partial charge is 0.123 e. The van der Waals surface area contributed by atoms with E-state index in [1.165, 1.54) is 24.0 Å². The van der Waals surface area contributed by atoms with E-state index in [1.54, 1.807) is 14.2 Å². The average molecular weight is 437 g/mol. The topological polar surface area (TPSA) is 51.8 Å². The number of para-hydroxylation sites is 2. The largest absolute Gasteiger partial charge is 0.496 e. The fourth-order valence-electron chi connectivity index (χ4n) is 5.59. The van der Waals surface area contributed by atoms with Gasteiger partial charge in [0, 0.05) is 40.7 Å². The maximum Gasteiger partial charge on any atom is 0.123 e. The highest BCUT2D eigenvalue weighted by molar-refractivity contribution is 5.41. The summed E-state index contributed by atoms with van der Waals surface area (Å²) in [5.41, 5.74) is 2.75. The normalized spacial score (nSPS) is 22.2. The van der Waals surface area contributed by atoms with Gasteiger partial charge in [0.25, 0.3) is 0 Å². The molecule has 0 atom stereocenters. The Kier molecular flexibility index (Phi) is 5.91. The van der Waals surface area contributed by atoms with Crippen LogP contribution in [0.4, 0.5) is 0 Å². The Labute approximate surface area is 191 Å². The number of methoxy groups -OCH3 is 2. The zero-order valence-corrected chi connectivity index (χ0v) is 19.4. The van der Waals surface area contributed by atoms with Crippen LogP contribution in [0.1, 0.15) is 49.7 Å². The molecule has 0 spiro atoms. The lowest BCUT2D eigenvalue weighted by atomic mass is 9.69. The Morgan fingerprint density at radius 1 is 0.719 bits per heavy atom. The maximum atomic E-state index is 5.74. The van der Waals surface area contributed by atoms with Crippen LogP contribution in [0.15, 0.2) is 48.5 Å². The van der Waals surface area contributed by atoms with Gasteiger partial charge in [-0.05, 0) is 50.7 Å².